The summed E-state index contributed by atoms with van der Waals surface area (Å²) >= 11 is 0. The molecule has 4 aromatic rings. The minimum absolute atomic E-state index is 0.114. The van der Waals surface area contributed by atoms with Gasteiger partial charge in [-0.25, -0.2) is 31.7 Å². The number of nitrogens with two attached hydrogens (primary N) is 3. The van der Waals surface area contributed by atoms with Crippen LogP contribution in [0.5, 0.6) is 0 Å². The van der Waals surface area contributed by atoms with Gasteiger partial charge < -0.3 is 21.8 Å². The standard InChI is InChI=1S/C19H23N11O4S2/c20-18-25-12-3-1-2-11(15(12)26-18)10-4-5-13(36(33,34)24-9-19(21)6-7-23-8-19)16(35(22,31)32)14(10)17-27-29-30-28-17/h1-5,23-24H,6-9,21H2,(H3,20,25,26)(H2,22,31,32)(H,27,28,29,30)/t19-/m1/s1. The monoisotopic (exact) mass is 533 g/mol. The van der Waals surface area contributed by atoms with Crippen LogP contribution in [0.3, 0.4) is 0 Å². The quantitative estimate of drug-likeness (QED) is 0.145. The molecule has 1 saturated heterocycles. The average molecular weight is 534 g/mol. The van der Waals surface area contributed by atoms with Crippen LogP contribution in [0, 0.1) is 0 Å². The Balaban J connectivity index is 1.76. The number of tetrazole rings is 1. The Morgan fingerprint density at radius 1 is 1.11 bits per heavy atom. The number of benzene rings is 2. The van der Waals surface area contributed by atoms with Gasteiger partial charge in [0.2, 0.25) is 25.9 Å². The topological polar surface area (TPSA) is 254 Å². The highest BCUT2D eigenvalue weighted by molar-refractivity contribution is 7.92. The van der Waals surface area contributed by atoms with Crippen molar-refractivity contribution >= 4 is 37.0 Å². The number of rotatable bonds is 7. The van der Waals surface area contributed by atoms with E-state index in [1.807, 2.05) is 0 Å². The molecule has 0 radical (unpaired) electrons. The summed E-state index contributed by atoms with van der Waals surface area (Å²) in [4.78, 5) is 5.92. The smallest absolute Gasteiger partial charge is 0.242 e. The molecular weight excluding hydrogens is 510 g/mol. The van der Waals surface area contributed by atoms with Crippen LogP contribution in [0.1, 0.15) is 6.42 Å². The number of nitrogens with zero attached hydrogens (tertiary/aromatic N) is 4. The first-order chi connectivity index (χ1) is 17.0. The SMILES string of the molecule is Nc1nc2c(-c3ccc(S(=O)(=O)NC[C@@]4(N)CCNC4)c(S(N)(=O)=O)c3-c3nn[nH]n3)cccc2[nH]1. The van der Waals surface area contributed by atoms with E-state index in [9.17, 15) is 16.8 Å². The second-order valence-electron chi connectivity index (χ2n) is 8.53. The van der Waals surface area contributed by atoms with Crippen LogP contribution in [-0.2, 0) is 20.0 Å². The van der Waals surface area contributed by atoms with Gasteiger partial charge in [0.1, 0.15) is 9.79 Å². The van der Waals surface area contributed by atoms with Crippen LogP contribution in [0.4, 0.5) is 5.95 Å². The third kappa shape index (κ3) is 4.31. The molecule has 1 fully saturated rings. The lowest BCUT2D eigenvalue weighted by Crippen LogP contribution is -2.51. The third-order valence-electron chi connectivity index (χ3n) is 5.98. The zero-order chi connectivity index (χ0) is 25.7. The number of nitrogen functional groups attached to an aromatic ring is 1. The zero-order valence-corrected chi connectivity index (χ0v) is 20.3. The Hall–Kier alpha value is -3.48. The van der Waals surface area contributed by atoms with Crippen molar-refractivity contribution in [2.75, 3.05) is 25.4 Å². The summed E-state index contributed by atoms with van der Waals surface area (Å²) < 4.78 is 55.0. The van der Waals surface area contributed by atoms with Crippen LogP contribution in [0.2, 0.25) is 0 Å². The molecule has 15 nitrogen and oxygen atoms in total. The number of aromatic amines is 2. The maximum atomic E-state index is 13.4. The maximum absolute atomic E-state index is 13.4. The Morgan fingerprint density at radius 2 is 1.92 bits per heavy atom. The maximum Gasteiger partial charge on any atom is 0.242 e. The van der Waals surface area contributed by atoms with Gasteiger partial charge in [0.05, 0.1) is 16.6 Å². The molecule has 3 heterocycles. The molecule has 1 aliphatic rings. The summed E-state index contributed by atoms with van der Waals surface area (Å²) in [6.45, 7) is 0.930. The molecule has 0 bridgehead atoms. The van der Waals surface area contributed by atoms with Gasteiger partial charge in [-0.1, -0.05) is 18.2 Å². The largest absolute Gasteiger partial charge is 0.369 e. The van der Waals surface area contributed by atoms with E-state index in [4.69, 9.17) is 16.6 Å². The van der Waals surface area contributed by atoms with E-state index in [-0.39, 0.29) is 29.4 Å². The predicted molar refractivity (Wildman–Crippen MR) is 130 cm³/mol. The number of H-pyrrole nitrogens is 2. The summed E-state index contributed by atoms with van der Waals surface area (Å²) in [5, 5.41) is 22.3. The number of para-hydroxylation sites is 1. The van der Waals surface area contributed by atoms with Crippen molar-refractivity contribution in [2.24, 2.45) is 10.9 Å². The molecule has 2 aromatic heterocycles. The molecule has 2 aromatic carbocycles. The second kappa shape index (κ2) is 8.57. The Labute approximate surface area is 205 Å². The Morgan fingerprint density at radius 3 is 2.58 bits per heavy atom. The number of hydrogen-bond acceptors (Lipinski definition) is 11. The van der Waals surface area contributed by atoms with E-state index in [0.29, 0.717) is 36.1 Å². The van der Waals surface area contributed by atoms with Crippen molar-refractivity contribution in [1.29, 1.82) is 0 Å². The number of imidazole rings is 1. The first-order valence-electron chi connectivity index (χ1n) is 10.7. The lowest BCUT2D eigenvalue weighted by Gasteiger charge is -2.23. The fourth-order valence-electron chi connectivity index (χ4n) is 4.27. The van der Waals surface area contributed by atoms with Gasteiger partial charge >= 0.3 is 0 Å². The Kier molecular flexibility index (Phi) is 5.77. The van der Waals surface area contributed by atoms with Gasteiger partial charge in [0.25, 0.3) is 0 Å². The first-order valence-corrected chi connectivity index (χ1v) is 13.7. The van der Waals surface area contributed by atoms with E-state index in [0.717, 1.165) is 6.07 Å². The van der Waals surface area contributed by atoms with Crippen molar-refractivity contribution in [2.45, 2.75) is 21.8 Å². The molecule has 36 heavy (non-hydrogen) atoms. The highest BCUT2D eigenvalue weighted by Crippen LogP contribution is 2.40. The van der Waals surface area contributed by atoms with Gasteiger partial charge in [-0.2, -0.15) is 5.21 Å². The fraction of sp³-hybridized carbons (Fsp3) is 0.263. The molecule has 17 heteroatoms. The van der Waals surface area contributed by atoms with Crippen LogP contribution in [-0.4, -0.2) is 72.6 Å². The number of primary sulfonamides is 1. The van der Waals surface area contributed by atoms with Gasteiger partial charge in [-0.05, 0) is 35.9 Å². The summed E-state index contributed by atoms with van der Waals surface area (Å²) in [7, 11) is -9.04. The Bertz CT molecular complexity index is 1660. The summed E-state index contributed by atoms with van der Waals surface area (Å²) in [6.07, 6.45) is 0.543. The third-order valence-corrected chi connectivity index (χ3v) is 8.54. The molecule has 190 valence electrons. The van der Waals surface area contributed by atoms with Crippen LogP contribution < -0.4 is 26.6 Å². The number of anilines is 1. The molecule has 0 amide bonds. The number of nitrogens with one attached hydrogen (secondary N) is 4. The van der Waals surface area contributed by atoms with Gasteiger partial charge in [0, 0.05) is 24.2 Å². The normalized spacial score (nSPS) is 18.7. The lowest BCUT2D eigenvalue weighted by atomic mass is 9.98. The highest BCUT2D eigenvalue weighted by Gasteiger charge is 2.35. The molecular formula is C19H23N11O4S2. The highest BCUT2D eigenvalue weighted by atomic mass is 32.2. The average Bonchev–Trinajstić information content (AvgIpc) is 3.57. The first kappa shape index (κ1) is 24.2. The summed E-state index contributed by atoms with van der Waals surface area (Å²) in [5.41, 5.74) is 12.8. The zero-order valence-electron chi connectivity index (χ0n) is 18.7. The van der Waals surface area contributed by atoms with E-state index in [1.54, 1.807) is 18.2 Å². The van der Waals surface area contributed by atoms with Crippen molar-refractivity contribution in [3.05, 3.63) is 30.3 Å². The van der Waals surface area contributed by atoms with Crippen LogP contribution >= 0.6 is 0 Å². The number of aromatic nitrogens is 6. The van der Waals surface area contributed by atoms with Crippen molar-refractivity contribution < 1.29 is 16.8 Å². The molecule has 0 saturated carbocycles. The fourth-order valence-corrected chi connectivity index (χ4v) is 7.01. The summed E-state index contributed by atoms with van der Waals surface area (Å²) in [5.74, 6) is -0.0346. The number of fused-ring (bicyclic) bond motifs is 1. The van der Waals surface area contributed by atoms with E-state index >= 15 is 0 Å². The lowest BCUT2D eigenvalue weighted by molar-refractivity contribution is 0.456. The van der Waals surface area contributed by atoms with Crippen LogP contribution in [0.15, 0.2) is 40.1 Å². The van der Waals surface area contributed by atoms with Crippen molar-refractivity contribution in [3.8, 4) is 22.5 Å². The van der Waals surface area contributed by atoms with Crippen LogP contribution in [0.25, 0.3) is 33.5 Å². The predicted octanol–water partition coefficient (Wildman–Crippen LogP) is -1.39. The van der Waals surface area contributed by atoms with E-state index < -0.39 is 35.4 Å². The van der Waals surface area contributed by atoms with Crippen molar-refractivity contribution in [3.63, 3.8) is 0 Å². The number of sulfonamides is 2. The van der Waals surface area contributed by atoms with E-state index in [1.165, 1.54) is 6.07 Å². The summed E-state index contributed by atoms with van der Waals surface area (Å²) in [6, 6.07) is 7.70. The molecule has 0 spiro atoms. The molecule has 1 atom stereocenters. The molecule has 1 aliphatic heterocycles. The molecule has 5 rings (SSSR count). The number of hydrogen-bond donors (Lipinski definition) is 7. The van der Waals surface area contributed by atoms with E-state index in [2.05, 4.69) is 40.6 Å². The van der Waals surface area contributed by atoms with Gasteiger partial charge in [-0.3, -0.25) is 0 Å². The minimum Gasteiger partial charge on any atom is -0.369 e. The van der Waals surface area contributed by atoms with Gasteiger partial charge in [-0.15, -0.1) is 10.2 Å². The molecule has 0 unspecified atom stereocenters. The van der Waals surface area contributed by atoms with Gasteiger partial charge in [0.15, 0.2) is 5.95 Å². The molecule has 0 aliphatic carbocycles. The second-order valence-corrected chi connectivity index (χ2v) is 11.8. The van der Waals surface area contributed by atoms with Crippen molar-refractivity contribution in [1.82, 2.24) is 40.6 Å². The molecule has 10 N–H and O–H groups in total. The minimum atomic E-state index is -4.64.